The van der Waals surface area contributed by atoms with Gasteiger partial charge in [0, 0.05) is 11.3 Å². The maximum Gasteiger partial charge on any atom is 0.208 e. The van der Waals surface area contributed by atoms with Gasteiger partial charge >= 0.3 is 0 Å². The van der Waals surface area contributed by atoms with E-state index in [0.29, 0.717) is 17.7 Å². The molecule has 0 aromatic heterocycles. The van der Waals surface area contributed by atoms with E-state index in [0.717, 1.165) is 11.1 Å². The number of Topliss-reactive ketones (excluding diaryl/α,β-unsaturated/α-hetero) is 2. The quantitative estimate of drug-likeness (QED) is 0.835. The van der Waals surface area contributed by atoms with Gasteiger partial charge in [-0.2, -0.15) is 0 Å². The topological polar surface area (TPSA) is 84.0 Å². The van der Waals surface area contributed by atoms with Crippen molar-refractivity contribution >= 4 is 23.0 Å². The van der Waals surface area contributed by atoms with Crippen molar-refractivity contribution in [3.05, 3.63) is 64.2 Å². The van der Waals surface area contributed by atoms with E-state index in [1.54, 1.807) is 30.3 Å². The molecule has 0 saturated heterocycles. The Morgan fingerprint density at radius 1 is 1.17 bits per heavy atom. The molecule has 0 bridgehead atoms. The predicted molar refractivity (Wildman–Crippen MR) is 90.5 cm³/mol. The fraction of sp³-hybridized carbons (Fsp3) is 0.211. The molecular formula is C19H18N2O2. The molecule has 2 aromatic rings. The minimum absolute atomic E-state index is 0.184. The zero-order chi connectivity index (χ0) is 16.7. The third-order valence-corrected chi connectivity index (χ3v) is 4.47. The molecule has 116 valence electrons. The van der Waals surface area contributed by atoms with Crippen molar-refractivity contribution in [1.82, 2.24) is 0 Å². The van der Waals surface area contributed by atoms with E-state index < -0.39 is 11.7 Å². The van der Waals surface area contributed by atoms with Gasteiger partial charge in [0.1, 0.15) is 0 Å². The van der Waals surface area contributed by atoms with E-state index in [1.165, 1.54) is 0 Å². The van der Waals surface area contributed by atoms with Crippen LogP contribution in [0.3, 0.4) is 0 Å². The van der Waals surface area contributed by atoms with Crippen molar-refractivity contribution < 1.29 is 9.59 Å². The Hall–Kier alpha value is -2.75. The largest absolute Gasteiger partial charge is 0.398 e. The fourth-order valence-corrected chi connectivity index (χ4v) is 3.31. The van der Waals surface area contributed by atoms with E-state index in [1.807, 2.05) is 19.9 Å². The number of hydrogen-bond donors (Lipinski definition) is 2. The van der Waals surface area contributed by atoms with Gasteiger partial charge in [0.2, 0.25) is 5.78 Å². The minimum Gasteiger partial charge on any atom is -0.398 e. The summed E-state index contributed by atoms with van der Waals surface area (Å²) >= 11 is 0. The Kier molecular flexibility index (Phi) is 3.60. The summed E-state index contributed by atoms with van der Waals surface area (Å²) in [7, 11) is 0. The molecule has 0 radical (unpaired) electrons. The lowest BCUT2D eigenvalue weighted by Crippen LogP contribution is -2.36. The Labute approximate surface area is 134 Å². The molecule has 23 heavy (non-hydrogen) atoms. The zero-order valence-electron chi connectivity index (χ0n) is 13.1. The van der Waals surface area contributed by atoms with Crippen molar-refractivity contribution in [2.75, 3.05) is 5.73 Å². The number of carbonyl (C=O) groups excluding carboxylic acids is 2. The lowest BCUT2D eigenvalue weighted by Gasteiger charge is -2.26. The van der Waals surface area contributed by atoms with Crippen LogP contribution >= 0.6 is 0 Å². The highest BCUT2D eigenvalue weighted by atomic mass is 16.1. The number of carbonyl (C=O) groups is 2. The van der Waals surface area contributed by atoms with Gasteiger partial charge in [0.15, 0.2) is 5.78 Å². The summed E-state index contributed by atoms with van der Waals surface area (Å²) in [6, 6.07) is 10.7. The molecule has 1 unspecified atom stereocenters. The number of nitrogens with one attached hydrogen (secondary N) is 1. The van der Waals surface area contributed by atoms with Crippen LogP contribution in [-0.4, -0.2) is 17.3 Å². The van der Waals surface area contributed by atoms with Crippen LogP contribution in [0.5, 0.6) is 0 Å². The fourth-order valence-electron chi connectivity index (χ4n) is 3.31. The lowest BCUT2D eigenvalue weighted by molar-refractivity contribution is 0.0947. The van der Waals surface area contributed by atoms with Crippen LogP contribution in [0, 0.1) is 12.3 Å². The summed E-state index contributed by atoms with van der Waals surface area (Å²) in [4.78, 5) is 25.6. The van der Waals surface area contributed by atoms with Crippen LogP contribution in [0.25, 0.3) is 0 Å². The van der Waals surface area contributed by atoms with Gasteiger partial charge in [-0.15, -0.1) is 0 Å². The number of aryl methyl sites for hydroxylation is 1. The SMILES string of the molecule is CCc1c(C)cc2c(c1N)C(=O)C(c1ccccc1)C(=N)C2=O. The summed E-state index contributed by atoms with van der Waals surface area (Å²) in [5.74, 6) is -1.54. The molecule has 0 saturated carbocycles. The predicted octanol–water partition coefficient (Wildman–Crippen LogP) is 3.32. The number of benzene rings is 2. The van der Waals surface area contributed by atoms with Gasteiger partial charge in [-0.05, 0) is 36.1 Å². The van der Waals surface area contributed by atoms with Crippen molar-refractivity contribution in [3.8, 4) is 0 Å². The van der Waals surface area contributed by atoms with Gasteiger partial charge < -0.3 is 11.1 Å². The van der Waals surface area contributed by atoms with Crippen LogP contribution in [0.15, 0.2) is 36.4 Å². The first-order chi connectivity index (χ1) is 11.0. The van der Waals surface area contributed by atoms with E-state index in [-0.39, 0.29) is 22.6 Å². The van der Waals surface area contributed by atoms with Crippen molar-refractivity contribution in [1.29, 1.82) is 5.41 Å². The van der Waals surface area contributed by atoms with Crippen LogP contribution in [0.4, 0.5) is 5.69 Å². The molecule has 4 nitrogen and oxygen atoms in total. The molecule has 3 rings (SSSR count). The van der Waals surface area contributed by atoms with Gasteiger partial charge in [0.25, 0.3) is 0 Å². The summed E-state index contributed by atoms with van der Waals surface area (Å²) in [6.45, 7) is 3.84. The Morgan fingerprint density at radius 3 is 2.43 bits per heavy atom. The van der Waals surface area contributed by atoms with Crippen molar-refractivity contribution in [2.45, 2.75) is 26.2 Å². The minimum atomic E-state index is -0.870. The summed E-state index contributed by atoms with van der Waals surface area (Å²) in [5.41, 5.74) is 9.38. The number of rotatable bonds is 2. The molecule has 1 aliphatic rings. The van der Waals surface area contributed by atoms with Crippen molar-refractivity contribution in [3.63, 3.8) is 0 Å². The highest BCUT2D eigenvalue weighted by Crippen LogP contribution is 2.36. The number of nitrogens with two attached hydrogens (primary N) is 1. The first-order valence-electron chi connectivity index (χ1n) is 7.61. The summed E-state index contributed by atoms with van der Waals surface area (Å²) in [6.07, 6.45) is 0.694. The Bertz CT molecular complexity index is 838. The molecular weight excluding hydrogens is 288 g/mol. The zero-order valence-corrected chi connectivity index (χ0v) is 13.1. The Balaban J connectivity index is 2.26. The maximum atomic E-state index is 13.0. The normalized spacial score (nSPS) is 17.3. The summed E-state index contributed by atoms with van der Waals surface area (Å²) < 4.78 is 0. The maximum absolute atomic E-state index is 13.0. The highest BCUT2D eigenvalue weighted by molar-refractivity contribution is 6.55. The second kappa shape index (κ2) is 5.47. The lowest BCUT2D eigenvalue weighted by atomic mass is 9.75. The summed E-state index contributed by atoms with van der Waals surface area (Å²) in [5, 5.41) is 8.18. The first-order valence-corrected chi connectivity index (χ1v) is 7.61. The molecule has 1 aliphatic carbocycles. The number of anilines is 1. The number of ketones is 2. The van der Waals surface area contributed by atoms with Crippen LogP contribution in [0.2, 0.25) is 0 Å². The second-order valence-electron chi connectivity index (χ2n) is 5.81. The van der Waals surface area contributed by atoms with Crippen LogP contribution in [-0.2, 0) is 6.42 Å². The molecule has 4 heteroatoms. The average Bonchev–Trinajstić information content (AvgIpc) is 2.54. The standard InChI is InChI=1S/C19H18N2O2/c1-3-12-10(2)9-13-15(16(12)20)19(23)14(17(21)18(13)22)11-7-5-4-6-8-11/h4-9,14,21H,3,20H2,1-2H3. The van der Waals surface area contributed by atoms with E-state index in [2.05, 4.69) is 0 Å². The monoisotopic (exact) mass is 306 g/mol. The molecule has 0 heterocycles. The molecule has 3 N–H and O–H groups in total. The van der Waals surface area contributed by atoms with Gasteiger partial charge in [0.05, 0.1) is 17.2 Å². The number of nitrogen functional groups attached to an aromatic ring is 1. The third kappa shape index (κ3) is 2.18. The van der Waals surface area contributed by atoms with Gasteiger partial charge in [-0.3, -0.25) is 9.59 Å². The van der Waals surface area contributed by atoms with Crippen molar-refractivity contribution in [2.24, 2.45) is 0 Å². The third-order valence-electron chi connectivity index (χ3n) is 4.47. The molecule has 1 atom stereocenters. The highest BCUT2D eigenvalue weighted by Gasteiger charge is 2.40. The molecule has 0 spiro atoms. The van der Waals surface area contributed by atoms with E-state index in [9.17, 15) is 9.59 Å². The van der Waals surface area contributed by atoms with E-state index >= 15 is 0 Å². The number of hydrogen-bond acceptors (Lipinski definition) is 4. The molecule has 0 fully saturated rings. The van der Waals surface area contributed by atoms with Crippen LogP contribution in [0.1, 0.15) is 50.2 Å². The van der Waals surface area contributed by atoms with E-state index in [4.69, 9.17) is 11.1 Å². The van der Waals surface area contributed by atoms with Gasteiger partial charge in [-0.25, -0.2) is 0 Å². The molecule has 0 amide bonds. The van der Waals surface area contributed by atoms with Crippen LogP contribution < -0.4 is 5.73 Å². The molecule has 2 aromatic carbocycles. The first kappa shape index (κ1) is 15.2. The average molecular weight is 306 g/mol. The Morgan fingerprint density at radius 2 is 1.83 bits per heavy atom. The second-order valence-corrected chi connectivity index (χ2v) is 5.81. The van der Waals surface area contributed by atoms with Gasteiger partial charge in [-0.1, -0.05) is 37.3 Å². The smallest absolute Gasteiger partial charge is 0.208 e. The number of fused-ring (bicyclic) bond motifs is 1. The molecule has 0 aliphatic heterocycles.